The van der Waals surface area contributed by atoms with Crippen LogP contribution in [0, 0.1) is 58.2 Å². The predicted molar refractivity (Wildman–Crippen MR) is 129 cm³/mol. The zero-order valence-corrected chi connectivity index (χ0v) is 21.6. The summed E-state index contributed by atoms with van der Waals surface area (Å²) in [5.41, 5.74) is 0.364. The first kappa shape index (κ1) is 24.3. The van der Waals surface area contributed by atoms with Crippen LogP contribution in [0.3, 0.4) is 0 Å². The van der Waals surface area contributed by atoms with E-state index in [0.29, 0.717) is 59.0 Å². The number of ether oxygens (including phenoxy) is 1. The van der Waals surface area contributed by atoms with Crippen molar-refractivity contribution in [2.24, 2.45) is 58.2 Å². The molecule has 0 bridgehead atoms. The monoisotopic (exact) mass is 460 g/mol. The molecule has 12 atom stereocenters. The normalized spacial score (nSPS) is 53.3. The van der Waals surface area contributed by atoms with Gasteiger partial charge in [-0.2, -0.15) is 0 Å². The van der Waals surface area contributed by atoms with Crippen LogP contribution in [0.25, 0.3) is 0 Å². The molecule has 188 valence electrons. The molecule has 4 heteroatoms. The SMILES string of the molecule is CC(C)C1CC(C(C)C2CC(=O)C3C4CCC5C[C@@H](O)CC[C@]5(C)C4CC[C@]23C)O[C@@H](O)C1. The number of aliphatic hydroxyl groups excluding tert-OH is 2. The molecule has 1 aliphatic heterocycles. The molecule has 4 nitrogen and oxygen atoms in total. The number of hydrogen-bond donors (Lipinski definition) is 2. The van der Waals surface area contributed by atoms with Crippen LogP contribution in [0.4, 0.5) is 0 Å². The van der Waals surface area contributed by atoms with Crippen LogP contribution in [-0.4, -0.2) is 34.5 Å². The van der Waals surface area contributed by atoms with Crippen LogP contribution >= 0.6 is 0 Å². The second kappa shape index (κ2) is 8.59. The third-order valence-electron chi connectivity index (χ3n) is 12.0. The Morgan fingerprint density at radius 2 is 1.67 bits per heavy atom. The summed E-state index contributed by atoms with van der Waals surface area (Å²) in [4.78, 5) is 13.7. The Kier molecular flexibility index (Phi) is 6.31. The van der Waals surface area contributed by atoms with Crippen molar-refractivity contribution < 1.29 is 19.7 Å². The molecule has 0 aromatic rings. The maximum Gasteiger partial charge on any atom is 0.155 e. The fraction of sp³-hybridized carbons (Fsp3) is 0.966. The van der Waals surface area contributed by atoms with Gasteiger partial charge in [-0.1, -0.05) is 34.6 Å². The molecule has 33 heavy (non-hydrogen) atoms. The van der Waals surface area contributed by atoms with E-state index in [0.717, 1.165) is 38.5 Å². The summed E-state index contributed by atoms with van der Waals surface area (Å²) in [6.07, 6.45) is 9.49. The van der Waals surface area contributed by atoms with Crippen molar-refractivity contribution in [2.45, 2.75) is 117 Å². The fourth-order valence-electron chi connectivity index (χ4n) is 9.97. The first-order valence-corrected chi connectivity index (χ1v) is 14.1. The summed E-state index contributed by atoms with van der Waals surface area (Å²) >= 11 is 0. The number of rotatable bonds is 3. The molecule has 0 aromatic carbocycles. The molecule has 4 saturated carbocycles. The molecule has 0 radical (unpaired) electrons. The number of ketones is 1. The molecule has 8 unspecified atom stereocenters. The summed E-state index contributed by atoms with van der Waals surface area (Å²) < 4.78 is 6.12. The van der Waals surface area contributed by atoms with E-state index in [4.69, 9.17) is 4.74 Å². The lowest BCUT2D eigenvalue weighted by atomic mass is 9.44. The lowest BCUT2D eigenvalue weighted by Gasteiger charge is -2.60. The fourth-order valence-corrected chi connectivity index (χ4v) is 9.97. The third kappa shape index (κ3) is 3.85. The van der Waals surface area contributed by atoms with Crippen LogP contribution < -0.4 is 0 Å². The van der Waals surface area contributed by atoms with Crippen molar-refractivity contribution in [1.29, 1.82) is 0 Å². The quantitative estimate of drug-likeness (QED) is 0.576. The highest BCUT2D eigenvalue weighted by Gasteiger charge is 2.64. The maximum absolute atomic E-state index is 13.7. The van der Waals surface area contributed by atoms with Crippen LogP contribution in [0.5, 0.6) is 0 Å². The van der Waals surface area contributed by atoms with Crippen LogP contribution in [-0.2, 0) is 9.53 Å². The highest BCUT2D eigenvalue weighted by atomic mass is 16.6. The molecule has 5 rings (SSSR count). The second-order valence-electron chi connectivity index (χ2n) is 13.7. The Balaban J connectivity index is 1.37. The van der Waals surface area contributed by atoms with Gasteiger partial charge in [0.05, 0.1) is 12.2 Å². The minimum atomic E-state index is -0.660. The van der Waals surface area contributed by atoms with E-state index in [1.807, 2.05) is 0 Å². The van der Waals surface area contributed by atoms with E-state index in [1.54, 1.807) is 0 Å². The number of carbonyl (C=O) groups is 1. The van der Waals surface area contributed by atoms with E-state index >= 15 is 0 Å². The Morgan fingerprint density at radius 1 is 0.939 bits per heavy atom. The summed E-state index contributed by atoms with van der Waals surface area (Å²) in [6.45, 7) is 11.7. The molecule has 0 spiro atoms. The van der Waals surface area contributed by atoms with E-state index in [2.05, 4.69) is 34.6 Å². The molecule has 1 saturated heterocycles. The van der Waals surface area contributed by atoms with Crippen molar-refractivity contribution in [1.82, 2.24) is 0 Å². The van der Waals surface area contributed by atoms with Crippen LogP contribution in [0.2, 0.25) is 0 Å². The van der Waals surface area contributed by atoms with Crippen molar-refractivity contribution in [3.63, 3.8) is 0 Å². The van der Waals surface area contributed by atoms with Crippen molar-refractivity contribution in [3.8, 4) is 0 Å². The molecule has 0 aromatic heterocycles. The Hall–Kier alpha value is -0.450. The predicted octanol–water partition coefficient (Wildman–Crippen LogP) is 5.59. The molecular formula is C29H48O4. The lowest BCUT2D eigenvalue weighted by Crippen LogP contribution is -2.55. The van der Waals surface area contributed by atoms with Gasteiger partial charge in [-0.25, -0.2) is 0 Å². The standard InChI is InChI=1S/C29H48O4/c1-16(2)18-12-25(33-26(32)13-18)17(3)23-15-24(31)27-21-7-6-19-14-20(30)8-10-28(19,4)22(21)9-11-29(23,27)5/h16-23,25-27,30,32H,6-15H2,1-5H3/t17?,18?,19?,20-,21?,22?,23?,25?,26+,27?,28-,29+/m0/s1. The van der Waals surface area contributed by atoms with Gasteiger partial charge in [0.1, 0.15) is 5.78 Å². The highest BCUT2D eigenvalue weighted by Crippen LogP contribution is 2.67. The first-order valence-electron chi connectivity index (χ1n) is 14.1. The summed E-state index contributed by atoms with van der Waals surface area (Å²) in [7, 11) is 0. The van der Waals surface area contributed by atoms with E-state index in [-0.39, 0.29) is 23.5 Å². The number of fused-ring (bicyclic) bond motifs is 5. The van der Waals surface area contributed by atoms with E-state index in [9.17, 15) is 15.0 Å². The Morgan fingerprint density at radius 3 is 2.39 bits per heavy atom. The van der Waals surface area contributed by atoms with Gasteiger partial charge in [-0.3, -0.25) is 4.79 Å². The van der Waals surface area contributed by atoms with Gasteiger partial charge < -0.3 is 14.9 Å². The summed E-state index contributed by atoms with van der Waals surface area (Å²) in [6, 6.07) is 0. The summed E-state index contributed by atoms with van der Waals surface area (Å²) in [5.74, 6) is 4.20. The second-order valence-corrected chi connectivity index (χ2v) is 13.7. The van der Waals surface area contributed by atoms with E-state index < -0.39 is 6.29 Å². The number of Topliss-reactive ketones (excluding diaryl/α,β-unsaturated/α-hetero) is 1. The average molecular weight is 461 g/mol. The molecule has 2 N–H and O–H groups in total. The highest BCUT2D eigenvalue weighted by molar-refractivity contribution is 5.85. The smallest absolute Gasteiger partial charge is 0.155 e. The van der Waals surface area contributed by atoms with Gasteiger partial charge in [0.2, 0.25) is 0 Å². The van der Waals surface area contributed by atoms with Gasteiger partial charge in [0.25, 0.3) is 0 Å². The Bertz CT molecular complexity index is 750. The van der Waals surface area contributed by atoms with Gasteiger partial charge >= 0.3 is 0 Å². The average Bonchev–Trinajstić information content (AvgIpc) is 3.04. The molecule has 1 heterocycles. The number of carbonyl (C=O) groups excluding carboxylic acids is 1. The van der Waals surface area contributed by atoms with Gasteiger partial charge in [0, 0.05) is 18.8 Å². The first-order chi connectivity index (χ1) is 15.5. The zero-order chi connectivity index (χ0) is 23.7. The number of hydrogen-bond acceptors (Lipinski definition) is 4. The van der Waals surface area contributed by atoms with Crippen molar-refractivity contribution in [3.05, 3.63) is 0 Å². The van der Waals surface area contributed by atoms with Crippen LogP contribution in [0.1, 0.15) is 98.8 Å². The minimum absolute atomic E-state index is 0.0559. The Labute approximate surface area is 201 Å². The molecular weight excluding hydrogens is 412 g/mol. The largest absolute Gasteiger partial charge is 0.393 e. The third-order valence-corrected chi connectivity index (χ3v) is 12.0. The lowest BCUT2D eigenvalue weighted by molar-refractivity contribution is -0.205. The molecule has 4 aliphatic carbocycles. The molecule has 0 amide bonds. The van der Waals surface area contributed by atoms with Crippen LogP contribution in [0.15, 0.2) is 0 Å². The summed E-state index contributed by atoms with van der Waals surface area (Å²) in [5, 5.41) is 20.7. The maximum atomic E-state index is 13.7. The van der Waals surface area contributed by atoms with Gasteiger partial charge in [-0.05, 0) is 104 Å². The zero-order valence-electron chi connectivity index (χ0n) is 21.6. The molecule has 5 fully saturated rings. The van der Waals surface area contributed by atoms with Crippen molar-refractivity contribution >= 4 is 5.78 Å². The van der Waals surface area contributed by atoms with Gasteiger partial charge in [-0.15, -0.1) is 0 Å². The topological polar surface area (TPSA) is 66.8 Å². The van der Waals surface area contributed by atoms with Gasteiger partial charge in [0.15, 0.2) is 6.29 Å². The van der Waals surface area contributed by atoms with E-state index in [1.165, 1.54) is 19.3 Å². The number of aliphatic hydroxyl groups is 2. The minimum Gasteiger partial charge on any atom is -0.393 e. The van der Waals surface area contributed by atoms with Crippen molar-refractivity contribution in [2.75, 3.05) is 0 Å². The molecule has 5 aliphatic rings.